The molecule has 0 bridgehead atoms. The zero-order chi connectivity index (χ0) is 20.5. The highest BCUT2D eigenvalue weighted by molar-refractivity contribution is 6.33. The van der Waals surface area contributed by atoms with Crippen LogP contribution in [-0.2, 0) is 4.79 Å². The van der Waals surface area contributed by atoms with Gasteiger partial charge in [-0.25, -0.2) is 4.99 Å². The minimum Gasteiger partial charge on any atom is -0.508 e. The van der Waals surface area contributed by atoms with Gasteiger partial charge in [0.05, 0.1) is 5.69 Å². The van der Waals surface area contributed by atoms with Gasteiger partial charge in [0.1, 0.15) is 17.3 Å². The third kappa shape index (κ3) is 3.14. The number of hydrogen-bond acceptors (Lipinski definition) is 3. The highest BCUT2D eigenvalue weighted by Gasteiger charge is 2.32. The summed E-state index contributed by atoms with van der Waals surface area (Å²) in [5, 5.41) is 11.8. The van der Waals surface area contributed by atoms with Crippen LogP contribution in [-0.4, -0.2) is 16.8 Å². The Bertz CT molecular complexity index is 1300. The van der Waals surface area contributed by atoms with Gasteiger partial charge in [0.2, 0.25) is 0 Å². The predicted octanol–water partition coefficient (Wildman–Crippen LogP) is 5.38. The van der Waals surface area contributed by atoms with Gasteiger partial charge in [-0.15, -0.1) is 0 Å². The summed E-state index contributed by atoms with van der Waals surface area (Å²) in [4.78, 5) is 19.7. The van der Waals surface area contributed by atoms with E-state index < -0.39 is 0 Å². The van der Waals surface area contributed by atoms with E-state index in [9.17, 15) is 9.90 Å². The van der Waals surface area contributed by atoms with E-state index in [2.05, 4.69) is 12.1 Å². The Morgan fingerprint density at radius 3 is 2.27 bits per heavy atom. The predicted molar refractivity (Wildman–Crippen MR) is 120 cm³/mol. The number of rotatable bonds is 3. The molecule has 30 heavy (non-hydrogen) atoms. The molecule has 4 nitrogen and oxygen atoms in total. The van der Waals surface area contributed by atoms with Crippen LogP contribution in [0.3, 0.4) is 0 Å². The van der Waals surface area contributed by atoms with Crippen LogP contribution in [0.4, 0.5) is 5.69 Å². The van der Waals surface area contributed by atoms with E-state index in [1.54, 1.807) is 29.2 Å². The van der Waals surface area contributed by atoms with Crippen LogP contribution >= 0.6 is 0 Å². The van der Waals surface area contributed by atoms with Gasteiger partial charge >= 0.3 is 0 Å². The summed E-state index contributed by atoms with van der Waals surface area (Å²) in [5.41, 5.74) is 2.82. The van der Waals surface area contributed by atoms with Gasteiger partial charge in [0.25, 0.3) is 5.91 Å². The van der Waals surface area contributed by atoms with E-state index in [0.717, 1.165) is 21.9 Å². The Kier molecular flexibility index (Phi) is 4.37. The molecule has 0 saturated heterocycles. The molecule has 0 aliphatic carbocycles. The molecule has 0 spiro atoms. The fourth-order valence-electron chi connectivity index (χ4n) is 3.66. The highest BCUT2D eigenvalue weighted by atomic mass is 16.3. The van der Waals surface area contributed by atoms with Crippen molar-refractivity contribution in [1.29, 1.82) is 0 Å². The number of carbonyl (C=O) groups excluding carboxylic acids is 1. The molecule has 0 unspecified atom stereocenters. The molecule has 5 rings (SSSR count). The number of fused-ring (bicyclic) bond motifs is 1. The van der Waals surface area contributed by atoms with Crippen LogP contribution < -0.4 is 4.90 Å². The summed E-state index contributed by atoms with van der Waals surface area (Å²) in [6.07, 6.45) is 1.84. The van der Waals surface area contributed by atoms with Crippen molar-refractivity contribution in [3.8, 4) is 5.75 Å². The number of carbonyl (C=O) groups is 1. The monoisotopic (exact) mass is 390 g/mol. The molecule has 1 amide bonds. The Balaban J connectivity index is 1.66. The molecule has 4 aromatic carbocycles. The Morgan fingerprint density at radius 1 is 0.767 bits per heavy atom. The molecule has 0 saturated carbocycles. The smallest absolute Gasteiger partial charge is 0.282 e. The molecule has 4 heteroatoms. The second kappa shape index (κ2) is 7.33. The van der Waals surface area contributed by atoms with Crippen molar-refractivity contribution in [2.75, 3.05) is 4.90 Å². The zero-order valence-electron chi connectivity index (χ0n) is 16.1. The van der Waals surface area contributed by atoms with Crippen LogP contribution in [0.2, 0.25) is 0 Å². The van der Waals surface area contributed by atoms with Crippen molar-refractivity contribution in [2.24, 2.45) is 4.99 Å². The molecule has 0 radical (unpaired) electrons. The first-order valence-electron chi connectivity index (χ1n) is 9.68. The van der Waals surface area contributed by atoms with E-state index >= 15 is 0 Å². The van der Waals surface area contributed by atoms with Gasteiger partial charge in [-0.1, -0.05) is 72.8 Å². The lowest BCUT2D eigenvalue weighted by Crippen LogP contribution is -2.32. The summed E-state index contributed by atoms with van der Waals surface area (Å²) in [6, 6.07) is 30.3. The van der Waals surface area contributed by atoms with Gasteiger partial charge in [0, 0.05) is 5.56 Å². The van der Waals surface area contributed by atoms with Crippen molar-refractivity contribution < 1.29 is 9.90 Å². The number of hydrogen-bond donors (Lipinski definition) is 1. The van der Waals surface area contributed by atoms with Crippen molar-refractivity contribution in [3.63, 3.8) is 0 Å². The Labute approximate surface area is 174 Å². The quantitative estimate of drug-likeness (QED) is 0.478. The third-order valence-corrected chi connectivity index (χ3v) is 5.12. The number of phenols is 1. The standard InChI is InChI=1S/C26H18N2O2/c29-22-15-13-21(14-16-22)28-25(19-8-2-1-3-9-19)27-24(26(28)30)17-20-11-6-10-18-7-4-5-12-23(18)20/h1-17,29H/b24-17+. The first-order chi connectivity index (χ1) is 14.7. The van der Waals surface area contributed by atoms with E-state index in [0.29, 0.717) is 17.2 Å². The molecule has 144 valence electrons. The first-order valence-corrected chi connectivity index (χ1v) is 9.68. The number of aliphatic imine (C=N–C) groups is 1. The normalized spacial score (nSPS) is 15.1. The van der Waals surface area contributed by atoms with Crippen LogP contribution in [0.15, 0.2) is 108 Å². The SMILES string of the molecule is O=C1/C(=C\c2cccc3ccccc23)N=C(c2ccccc2)N1c1ccc(O)cc1. The van der Waals surface area contributed by atoms with Gasteiger partial charge < -0.3 is 5.11 Å². The van der Waals surface area contributed by atoms with Crippen molar-refractivity contribution >= 4 is 34.3 Å². The van der Waals surface area contributed by atoms with Crippen LogP contribution in [0.1, 0.15) is 11.1 Å². The maximum Gasteiger partial charge on any atom is 0.282 e. The van der Waals surface area contributed by atoms with Gasteiger partial charge in [0.15, 0.2) is 0 Å². The number of nitrogens with zero attached hydrogens (tertiary/aromatic N) is 2. The Morgan fingerprint density at radius 2 is 1.47 bits per heavy atom. The molecule has 4 aromatic rings. The van der Waals surface area contributed by atoms with Crippen LogP contribution in [0.5, 0.6) is 5.75 Å². The van der Waals surface area contributed by atoms with Gasteiger partial charge in [-0.2, -0.15) is 0 Å². The van der Waals surface area contributed by atoms with E-state index in [-0.39, 0.29) is 11.7 Å². The molecule has 1 heterocycles. The van der Waals surface area contributed by atoms with Crippen molar-refractivity contribution in [2.45, 2.75) is 0 Å². The summed E-state index contributed by atoms with van der Waals surface area (Å²) >= 11 is 0. The number of amides is 1. The van der Waals surface area contributed by atoms with Crippen LogP contribution in [0.25, 0.3) is 16.8 Å². The molecular formula is C26H18N2O2. The van der Waals surface area contributed by atoms with E-state index in [1.165, 1.54) is 0 Å². The summed E-state index contributed by atoms with van der Waals surface area (Å²) in [7, 11) is 0. The number of benzene rings is 4. The zero-order valence-corrected chi connectivity index (χ0v) is 16.1. The third-order valence-electron chi connectivity index (χ3n) is 5.12. The molecule has 1 aliphatic heterocycles. The minimum atomic E-state index is -0.201. The summed E-state index contributed by atoms with van der Waals surface area (Å²) in [6.45, 7) is 0. The van der Waals surface area contributed by atoms with Gasteiger partial charge in [-0.3, -0.25) is 9.69 Å². The minimum absolute atomic E-state index is 0.148. The lowest BCUT2D eigenvalue weighted by Gasteiger charge is -2.18. The molecule has 0 fully saturated rings. The number of anilines is 1. The second-order valence-corrected chi connectivity index (χ2v) is 7.06. The fourth-order valence-corrected chi connectivity index (χ4v) is 3.66. The highest BCUT2D eigenvalue weighted by Crippen LogP contribution is 2.30. The number of phenolic OH excluding ortho intramolecular Hbond substituents is 1. The van der Waals surface area contributed by atoms with Crippen LogP contribution in [0, 0.1) is 0 Å². The molecule has 1 aliphatic rings. The second-order valence-electron chi connectivity index (χ2n) is 7.06. The number of amidine groups is 1. The van der Waals surface area contributed by atoms with Gasteiger partial charge in [-0.05, 0) is 46.7 Å². The maximum absolute atomic E-state index is 13.4. The van der Waals surface area contributed by atoms with E-state index in [1.807, 2.05) is 66.7 Å². The van der Waals surface area contributed by atoms with Crippen molar-refractivity contribution in [3.05, 3.63) is 114 Å². The number of aromatic hydroxyl groups is 1. The Hall–Kier alpha value is -4.18. The summed E-state index contributed by atoms with van der Waals surface area (Å²) < 4.78 is 0. The van der Waals surface area contributed by atoms with E-state index in [4.69, 9.17) is 4.99 Å². The average molecular weight is 390 g/mol. The topological polar surface area (TPSA) is 52.9 Å². The maximum atomic E-state index is 13.4. The molecular weight excluding hydrogens is 372 g/mol. The largest absolute Gasteiger partial charge is 0.508 e. The molecule has 0 aromatic heterocycles. The first kappa shape index (κ1) is 17.9. The molecule has 1 N–H and O–H groups in total. The molecule has 0 atom stereocenters. The summed E-state index contributed by atoms with van der Waals surface area (Å²) in [5.74, 6) is 0.514. The average Bonchev–Trinajstić information content (AvgIpc) is 3.11. The fraction of sp³-hybridized carbons (Fsp3) is 0. The lowest BCUT2D eigenvalue weighted by atomic mass is 10.0. The van der Waals surface area contributed by atoms with Crippen molar-refractivity contribution in [1.82, 2.24) is 0 Å². The lowest BCUT2D eigenvalue weighted by molar-refractivity contribution is -0.113.